The van der Waals surface area contributed by atoms with Crippen molar-refractivity contribution in [3.8, 4) is 0 Å². The summed E-state index contributed by atoms with van der Waals surface area (Å²) in [6.45, 7) is 5.66. The second kappa shape index (κ2) is 8.41. The van der Waals surface area contributed by atoms with Gasteiger partial charge in [0.1, 0.15) is 0 Å². The zero-order valence-corrected chi connectivity index (χ0v) is 17.1. The van der Waals surface area contributed by atoms with E-state index in [0.717, 1.165) is 32.4 Å². The summed E-state index contributed by atoms with van der Waals surface area (Å²) in [6, 6.07) is 0. The monoisotopic (exact) mass is 407 g/mol. The van der Waals surface area contributed by atoms with E-state index in [2.05, 4.69) is 0 Å². The summed E-state index contributed by atoms with van der Waals surface area (Å²) in [6.07, 6.45) is 6.57. The number of nitrogens with zero attached hydrogens (tertiary/aromatic N) is 1. The maximum absolute atomic E-state index is 14.1. The molecule has 0 aromatic heterocycles. The Hall–Kier alpha value is -0.600. The summed E-state index contributed by atoms with van der Waals surface area (Å²) in [4.78, 5) is 13.9. The van der Waals surface area contributed by atoms with Gasteiger partial charge in [-0.2, -0.15) is 8.78 Å². The molecule has 0 amide bonds. The topological polar surface area (TPSA) is 55.8 Å². The van der Waals surface area contributed by atoms with Crippen molar-refractivity contribution >= 4 is 17.0 Å². The summed E-state index contributed by atoms with van der Waals surface area (Å²) in [5.41, 5.74) is -0.147. The predicted molar refractivity (Wildman–Crippen MR) is 98.4 cm³/mol. The van der Waals surface area contributed by atoms with Crippen LogP contribution in [0.25, 0.3) is 0 Å². The standard InChI is InChI=1S/C19H31F2NO4S/c1-3-22(4-2)5-6-26-27(24)19(20,21)17(23)25-13-18-10-14-7-15(11-18)9-16(8-14)12-18/h14-16H,3-13H2,1-2H3. The zero-order valence-electron chi connectivity index (χ0n) is 16.3. The summed E-state index contributed by atoms with van der Waals surface area (Å²) in [5.74, 6) is 0.216. The lowest BCUT2D eigenvalue weighted by Crippen LogP contribution is -2.49. The summed E-state index contributed by atoms with van der Waals surface area (Å²) < 4.78 is 49.8. The Morgan fingerprint density at radius 2 is 1.63 bits per heavy atom. The van der Waals surface area contributed by atoms with Gasteiger partial charge in [0.2, 0.25) is 11.1 Å². The lowest BCUT2D eigenvalue weighted by atomic mass is 9.50. The van der Waals surface area contributed by atoms with Gasteiger partial charge < -0.3 is 9.64 Å². The smallest absolute Gasteiger partial charge is 0.439 e. The molecular formula is C19H31F2NO4S. The minimum Gasteiger partial charge on any atom is -0.460 e. The molecule has 4 rings (SSSR count). The highest BCUT2D eigenvalue weighted by atomic mass is 32.2. The predicted octanol–water partition coefficient (Wildman–Crippen LogP) is 3.36. The Morgan fingerprint density at radius 3 is 2.11 bits per heavy atom. The minimum atomic E-state index is -4.13. The van der Waals surface area contributed by atoms with Gasteiger partial charge in [-0.1, -0.05) is 13.8 Å². The van der Waals surface area contributed by atoms with Gasteiger partial charge in [-0.15, -0.1) is 0 Å². The van der Waals surface area contributed by atoms with E-state index in [4.69, 9.17) is 8.92 Å². The fourth-order valence-corrected chi connectivity index (χ4v) is 6.26. The van der Waals surface area contributed by atoms with Crippen LogP contribution in [0.1, 0.15) is 52.4 Å². The molecule has 156 valence electrons. The number of carbonyl (C=O) groups excluding carboxylic acids is 1. The van der Waals surface area contributed by atoms with Gasteiger partial charge in [-0.3, -0.25) is 4.18 Å². The Bertz CT molecular complexity index is 533. The van der Waals surface area contributed by atoms with E-state index in [1.807, 2.05) is 18.7 Å². The quantitative estimate of drug-likeness (QED) is 0.520. The van der Waals surface area contributed by atoms with Crippen molar-refractivity contribution in [1.29, 1.82) is 0 Å². The number of ether oxygens (including phenoxy) is 1. The third kappa shape index (κ3) is 4.70. The van der Waals surface area contributed by atoms with Crippen LogP contribution in [0.15, 0.2) is 0 Å². The van der Waals surface area contributed by atoms with Gasteiger partial charge in [0.05, 0.1) is 13.2 Å². The first kappa shape index (κ1) is 21.1. The van der Waals surface area contributed by atoms with Crippen LogP contribution in [0, 0.1) is 23.2 Å². The van der Waals surface area contributed by atoms with Gasteiger partial charge in [-0.25, -0.2) is 9.00 Å². The van der Waals surface area contributed by atoms with Crippen LogP contribution in [-0.4, -0.2) is 53.2 Å². The highest BCUT2D eigenvalue weighted by Crippen LogP contribution is 2.60. The van der Waals surface area contributed by atoms with Crippen molar-refractivity contribution in [2.24, 2.45) is 23.2 Å². The third-order valence-corrected chi connectivity index (χ3v) is 7.58. The van der Waals surface area contributed by atoms with Crippen LogP contribution < -0.4 is 0 Å². The fourth-order valence-electron chi connectivity index (χ4n) is 5.69. The number of rotatable bonds is 10. The van der Waals surface area contributed by atoms with E-state index in [-0.39, 0.29) is 18.6 Å². The third-order valence-electron chi connectivity index (χ3n) is 6.61. The van der Waals surface area contributed by atoms with E-state index in [0.29, 0.717) is 24.3 Å². The molecular weight excluding hydrogens is 376 g/mol. The van der Waals surface area contributed by atoms with E-state index in [1.54, 1.807) is 0 Å². The first-order valence-corrected chi connectivity index (χ1v) is 11.2. The molecule has 0 heterocycles. The van der Waals surface area contributed by atoms with Gasteiger partial charge >= 0.3 is 11.2 Å². The maximum Gasteiger partial charge on any atom is 0.439 e. The number of esters is 1. The Balaban J connectivity index is 1.48. The molecule has 4 bridgehead atoms. The largest absolute Gasteiger partial charge is 0.460 e. The first-order valence-electron chi connectivity index (χ1n) is 10.1. The number of halogens is 2. The number of carbonyl (C=O) groups is 1. The molecule has 0 N–H and O–H groups in total. The van der Waals surface area contributed by atoms with Crippen molar-refractivity contribution in [3.63, 3.8) is 0 Å². The molecule has 0 aromatic rings. The number of hydrogen-bond donors (Lipinski definition) is 0. The van der Waals surface area contributed by atoms with Gasteiger partial charge in [0.25, 0.3) is 0 Å². The maximum atomic E-state index is 14.1. The van der Waals surface area contributed by atoms with Crippen molar-refractivity contribution in [1.82, 2.24) is 4.90 Å². The normalized spacial score (nSPS) is 33.4. The van der Waals surface area contributed by atoms with Crippen LogP contribution >= 0.6 is 0 Å². The van der Waals surface area contributed by atoms with Crippen molar-refractivity contribution < 1.29 is 26.7 Å². The summed E-state index contributed by atoms with van der Waals surface area (Å²) >= 11 is -3.03. The second-order valence-electron chi connectivity index (χ2n) is 8.59. The molecule has 4 aliphatic carbocycles. The van der Waals surface area contributed by atoms with E-state index < -0.39 is 22.3 Å². The molecule has 0 saturated heterocycles. The van der Waals surface area contributed by atoms with Gasteiger partial charge in [0.15, 0.2) is 0 Å². The number of hydrogen-bond acceptors (Lipinski definition) is 5. The molecule has 0 aromatic carbocycles. The average Bonchev–Trinajstić information content (AvgIpc) is 2.62. The van der Waals surface area contributed by atoms with E-state index >= 15 is 0 Å². The van der Waals surface area contributed by atoms with E-state index in [1.165, 1.54) is 19.3 Å². The molecule has 0 radical (unpaired) electrons. The molecule has 4 saturated carbocycles. The molecule has 0 spiro atoms. The lowest BCUT2D eigenvalue weighted by Gasteiger charge is -2.56. The zero-order chi connectivity index (χ0) is 19.7. The van der Waals surface area contributed by atoms with Crippen LogP contribution in [0.2, 0.25) is 0 Å². The molecule has 4 fully saturated rings. The molecule has 1 atom stereocenters. The van der Waals surface area contributed by atoms with Gasteiger partial charge in [-0.05, 0) is 69.4 Å². The molecule has 8 heteroatoms. The lowest BCUT2D eigenvalue weighted by molar-refractivity contribution is -0.171. The average molecular weight is 408 g/mol. The Labute approximate surface area is 162 Å². The summed E-state index contributed by atoms with van der Waals surface area (Å²) in [7, 11) is 0. The van der Waals surface area contributed by atoms with Crippen LogP contribution in [-0.2, 0) is 24.8 Å². The number of likely N-dealkylation sites (N-methyl/N-ethyl adjacent to an activating group) is 1. The van der Waals surface area contributed by atoms with Crippen molar-refractivity contribution in [2.75, 3.05) is 32.8 Å². The highest BCUT2D eigenvalue weighted by Gasteiger charge is 2.54. The van der Waals surface area contributed by atoms with Crippen LogP contribution in [0.4, 0.5) is 8.78 Å². The molecule has 0 aliphatic heterocycles. The highest BCUT2D eigenvalue weighted by molar-refractivity contribution is 7.82. The summed E-state index contributed by atoms with van der Waals surface area (Å²) in [5, 5.41) is -4.13. The van der Waals surface area contributed by atoms with Crippen LogP contribution in [0.5, 0.6) is 0 Å². The van der Waals surface area contributed by atoms with Crippen LogP contribution in [0.3, 0.4) is 0 Å². The molecule has 5 nitrogen and oxygen atoms in total. The van der Waals surface area contributed by atoms with Crippen molar-refractivity contribution in [3.05, 3.63) is 0 Å². The second-order valence-corrected chi connectivity index (χ2v) is 9.81. The van der Waals surface area contributed by atoms with Crippen molar-refractivity contribution in [2.45, 2.75) is 57.6 Å². The Kier molecular flexibility index (Phi) is 6.58. The molecule has 27 heavy (non-hydrogen) atoms. The minimum absolute atomic E-state index is 0.0154. The molecule has 1 unspecified atom stereocenters. The first-order chi connectivity index (χ1) is 12.8. The van der Waals surface area contributed by atoms with Gasteiger partial charge in [0, 0.05) is 12.0 Å². The fraction of sp³-hybridized carbons (Fsp3) is 0.947. The SMILES string of the molecule is CCN(CC)CCOS(=O)C(F)(F)C(=O)OCC12CC3CC(CC(C3)C1)C2. The number of alkyl halides is 2. The Morgan fingerprint density at radius 1 is 1.11 bits per heavy atom. The molecule has 4 aliphatic rings. The van der Waals surface area contributed by atoms with E-state index in [9.17, 15) is 17.8 Å².